The first-order chi connectivity index (χ1) is 15.7. The Morgan fingerprint density at radius 1 is 1.19 bits per heavy atom. The number of nitrogens with one attached hydrogen (secondary N) is 1. The molecule has 1 saturated heterocycles. The molecule has 0 radical (unpaired) electrons. The van der Waals surface area contributed by atoms with Crippen molar-refractivity contribution in [3.8, 4) is 11.4 Å². The molecule has 0 bridgehead atoms. The third-order valence-corrected chi connectivity index (χ3v) is 6.25. The van der Waals surface area contributed by atoms with Crippen LogP contribution in [0.5, 0.6) is 0 Å². The van der Waals surface area contributed by atoms with Gasteiger partial charge < -0.3 is 10.2 Å². The quantitative estimate of drug-likeness (QED) is 0.537. The number of piperazine rings is 1. The van der Waals surface area contributed by atoms with E-state index < -0.39 is 6.98 Å². The van der Waals surface area contributed by atoms with Crippen molar-refractivity contribution in [1.29, 1.82) is 0 Å². The Kier molecular flexibility index (Phi) is 6.76. The summed E-state index contributed by atoms with van der Waals surface area (Å²) in [5.74, 6) is -0.161. The first-order valence-corrected chi connectivity index (χ1v) is 11.0. The molecule has 0 unspecified atom stereocenters. The maximum atomic E-state index is 13.2. The standard InChI is InChI=1S/C21H21Cl2N5OS.ClH/c1-24-21-26-19(13-30-21)18-10-16(17(23)11-25-18)20(29)28-8-6-27(7-9-28)12-14-2-4-15(22)5-3-14;/h2-5,10-11,13H,6-9,12H2,1H3,(H,24,26);1H/i1D3;. The largest absolute Gasteiger partial charge is 0.365 e. The summed E-state index contributed by atoms with van der Waals surface area (Å²) in [5, 5.41) is 5.29. The lowest BCUT2D eigenvalue weighted by atomic mass is 10.1. The number of rotatable bonds is 5. The summed E-state index contributed by atoms with van der Waals surface area (Å²) in [4.78, 5) is 25.8. The normalized spacial score (nSPS) is 16.1. The molecule has 0 atom stereocenters. The number of benzene rings is 1. The molecule has 6 nitrogen and oxygen atoms in total. The Morgan fingerprint density at radius 2 is 1.94 bits per heavy atom. The lowest BCUT2D eigenvalue weighted by Gasteiger charge is -2.35. The maximum Gasteiger partial charge on any atom is 0.255 e. The van der Waals surface area contributed by atoms with Gasteiger partial charge >= 0.3 is 0 Å². The van der Waals surface area contributed by atoms with Crippen LogP contribution < -0.4 is 5.32 Å². The van der Waals surface area contributed by atoms with E-state index in [1.165, 1.54) is 11.8 Å². The summed E-state index contributed by atoms with van der Waals surface area (Å²) in [7, 11) is 0. The Bertz CT molecular complexity index is 1140. The minimum Gasteiger partial charge on any atom is -0.365 e. The van der Waals surface area contributed by atoms with Crippen molar-refractivity contribution in [3.63, 3.8) is 0 Å². The molecule has 1 N–H and O–H groups in total. The number of hydrogen-bond acceptors (Lipinski definition) is 6. The average Bonchev–Trinajstić information content (AvgIpc) is 3.22. The van der Waals surface area contributed by atoms with Crippen molar-refractivity contribution in [3.05, 3.63) is 63.1 Å². The Labute approximate surface area is 205 Å². The SMILES string of the molecule is Cl.[2H]C([2H])([2H])Nc1nc(-c2cc(C(=O)N3CCN(Cc4ccc(Cl)cc4)CC3)c(Cl)cn2)cs1. The second kappa shape index (κ2) is 10.6. The number of nitrogens with zero attached hydrogens (tertiary/aromatic N) is 4. The molecule has 1 amide bonds. The Hall–Kier alpha value is -1.90. The minimum atomic E-state index is -2.33. The van der Waals surface area contributed by atoms with Crippen molar-refractivity contribution < 1.29 is 8.91 Å². The summed E-state index contributed by atoms with van der Waals surface area (Å²) in [6.45, 7) is 1.14. The highest BCUT2D eigenvalue weighted by molar-refractivity contribution is 7.14. The Balaban J connectivity index is 0.00000324. The molecule has 10 heteroatoms. The molecule has 1 fully saturated rings. The molecule has 0 aliphatic carbocycles. The van der Waals surface area contributed by atoms with E-state index in [2.05, 4.69) is 20.2 Å². The van der Waals surface area contributed by atoms with Gasteiger partial charge in [0.05, 0.1) is 16.3 Å². The minimum absolute atomic E-state index is 0. The van der Waals surface area contributed by atoms with Crippen LogP contribution in [0.3, 0.4) is 0 Å². The maximum absolute atomic E-state index is 13.2. The molecule has 2 aromatic heterocycles. The zero-order valence-corrected chi connectivity index (χ0v) is 19.5. The van der Waals surface area contributed by atoms with Crippen molar-refractivity contribution in [1.82, 2.24) is 19.8 Å². The van der Waals surface area contributed by atoms with Crippen LogP contribution in [0.25, 0.3) is 11.4 Å². The summed E-state index contributed by atoms with van der Waals surface area (Å²) < 4.78 is 21.9. The van der Waals surface area contributed by atoms with E-state index in [9.17, 15) is 4.79 Å². The Morgan fingerprint density at radius 3 is 2.65 bits per heavy atom. The molecular formula is C21H22Cl3N5OS. The molecule has 1 aliphatic heterocycles. The molecule has 164 valence electrons. The molecule has 1 aromatic carbocycles. The molecule has 4 rings (SSSR count). The van der Waals surface area contributed by atoms with Crippen LogP contribution in [-0.2, 0) is 6.54 Å². The summed E-state index contributed by atoms with van der Waals surface area (Å²) in [6, 6.07) is 9.39. The van der Waals surface area contributed by atoms with E-state index in [1.54, 1.807) is 16.3 Å². The summed E-state index contributed by atoms with van der Waals surface area (Å²) >= 11 is 13.4. The number of halogens is 3. The highest BCUT2D eigenvalue weighted by Gasteiger charge is 2.24. The van der Waals surface area contributed by atoms with Gasteiger partial charge in [0.15, 0.2) is 5.13 Å². The molecule has 3 heterocycles. The zero-order valence-electron chi connectivity index (χ0n) is 19.3. The molecule has 31 heavy (non-hydrogen) atoms. The highest BCUT2D eigenvalue weighted by atomic mass is 35.5. The fourth-order valence-electron chi connectivity index (χ4n) is 3.32. The van der Waals surface area contributed by atoms with Crippen LogP contribution in [-0.4, -0.2) is 58.8 Å². The lowest BCUT2D eigenvalue weighted by molar-refractivity contribution is 0.0628. The number of thiazole rings is 1. The van der Waals surface area contributed by atoms with E-state index in [4.69, 9.17) is 27.3 Å². The first-order valence-electron chi connectivity index (χ1n) is 10.8. The van der Waals surface area contributed by atoms with Crippen LogP contribution >= 0.6 is 46.9 Å². The summed E-state index contributed by atoms with van der Waals surface area (Å²) in [6.07, 6.45) is 1.43. The van der Waals surface area contributed by atoms with Gasteiger partial charge in [-0.25, -0.2) is 4.98 Å². The number of amides is 1. The van der Waals surface area contributed by atoms with Gasteiger partial charge in [-0.2, -0.15) is 0 Å². The first kappa shape index (κ1) is 19.8. The molecule has 0 saturated carbocycles. The van der Waals surface area contributed by atoms with Gasteiger partial charge in [0.25, 0.3) is 5.91 Å². The van der Waals surface area contributed by atoms with Crippen molar-refractivity contribution in [2.45, 2.75) is 6.54 Å². The van der Waals surface area contributed by atoms with Crippen LogP contribution in [0.1, 0.15) is 20.0 Å². The predicted octanol–water partition coefficient (Wildman–Crippen LogP) is 4.93. The molecule has 3 aromatic rings. The van der Waals surface area contributed by atoms with Crippen LogP contribution in [0.4, 0.5) is 5.13 Å². The van der Waals surface area contributed by atoms with Crippen molar-refractivity contribution >= 4 is 58.0 Å². The summed E-state index contributed by atoms with van der Waals surface area (Å²) in [5.41, 5.74) is 2.46. The van der Waals surface area contributed by atoms with Gasteiger partial charge in [-0.3, -0.25) is 14.7 Å². The third kappa shape index (κ3) is 5.67. The second-order valence-electron chi connectivity index (χ2n) is 6.91. The smallest absolute Gasteiger partial charge is 0.255 e. The van der Waals surface area contributed by atoms with E-state index in [0.29, 0.717) is 35.1 Å². The number of hydrogen-bond donors (Lipinski definition) is 1. The fourth-order valence-corrected chi connectivity index (χ4v) is 4.24. The van der Waals surface area contributed by atoms with Gasteiger partial charge in [0.2, 0.25) is 0 Å². The van der Waals surface area contributed by atoms with Gasteiger partial charge in [0, 0.05) is 60.4 Å². The average molecular weight is 502 g/mol. The van der Waals surface area contributed by atoms with Crippen molar-refractivity contribution in [2.75, 3.05) is 38.5 Å². The number of carbonyl (C=O) groups excluding carboxylic acids is 1. The van der Waals surface area contributed by atoms with Crippen LogP contribution in [0.15, 0.2) is 41.9 Å². The van der Waals surface area contributed by atoms with E-state index in [1.807, 2.05) is 24.3 Å². The fraction of sp³-hybridized carbons (Fsp3) is 0.286. The van der Waals surface area contributed by atoms with Gasteiger partial charge in [-0.05, 0) is 23.8 Å². The monoisotopic (exact) mass is 500 g/mol. The van der Waals surface area contributed by atoms with E-state index in [0.717, 1.165) is 31.0 Å². The molecule has 1 aliphatic rings. The zero-order chi connectivity index (χ0) is 23.6. The van der Waals surface area contributed by atoms with Gasteiger partial charge in [-0.15, -0.1) is 23.7 Å². The van der Waals surface area contributed by atoms with Gasteiger partial charge in [0.1, 0.15) is 5.69 Å². The van der Waals surface area contributed by atoms with E-state index in [-0.39, 0.29) is 28.5 Å². The van der Waals surface area contributed by atoms with Crippen LogP contribution in [0.2, 0.25) is 10.0 Å². The van der Waals surface area contributed by atoms with Crippen molar-refractivity contribution in [2.24, 2.45) is 0 Å². The predicted molar refractivity (Wildman–Crippen MR) is 130 cm³/mol. The third-order valence-electron chi connectivity index (χ3n) is 4.94. The van der Waals surface area contributed by atoms with Gasteiger partial charge in [-0.1, -0.05) is 35.3 Å². The second-order valence-corrected chi connectivity index (χ2v) is 8.61. The number of carbonyl (C=O) groups is 1. The number of anilines is 1. The van der Waals surface area contributed by atoms with E-state index >= 15 is 0 Å². The molecular weight excluding hydrogens is 477 g/mol. The number of pyridine rings is 1. The molecule has 0 spiro atoms. The number of aromatic nitrogens is 2. The van der Waals surface area contributed by atoms with Crippen LogP contribution in [0, 0.1) is 0 Å². The topological polar surface area (TPSA) is 61.4 Å². The highest BCUT2D eigenvalue weighted by Crippen LogP contribution is 2.27. The lowest BCUT2D eigenvalue weighted by Crippen LogP contribution is -2.48.